The zero-order valence-electron chi connectivity index (χ0n) is 12.3. The normalized spacial score (nSPS) is 29.0. The van der Waals surface area contributed by atoms with Crippen molar-refractivity contribution in [1.82, 2.24) is 15.1 Å². The van der Waals surface area contributed by atoms with E-state index in [1.54, 1.807) is 12.3 Å². The number of nitrogens with zero attached hydrogens (tertiary/aromatic N) is 3. The van der Waals surface area contributed by atoms with Crippen LogP contribution in [0.15, 0.2) is 18.5 Å². The molecule has 0 radical (unpaired) electrons. The summed E-state index contributed by atoms with van der Waals surface area (Å²) >= 11 is 0. The first kappa shape index (κ1) is 14.4. The SMILES string of the molecule is CCO[C@@H]1CO[C@@]2(CCCN(C(=O)c3ccnnc3)C2)C1. The zero-order valence-corrected chi connectivity index (χ0v) is 12.3. The van der Waals surface area contributed by atoms with Crippen LogP contribution in [0.2, 0.25) is 0 Å². The minimum Gasteiger partial charge on any atom is -0.376 e. The average Bonchev–Trinajstić information content (AvgIpc) is 2.90. The van der Waals surface area contributed by atoms with Crippen LogP contribution in [-0.2, 0) is 9.47 Å². The zero-order chi connectivity index (χ0) is 14.7. The number of rotatable bonds is 3. The maximum Gasteiger partial charge on any atom is 0.255 e. The van der Waals surface area contributed by atoms with Crippen LogP contribution in [0.1, 0.15) is 36.5 Å². The second kappa shape index (κ2) is 6.07. The number of ether oxygens (including phenoxy) is 2. The van der Waals surface area contributed by atoms with Gasteiger partial charge in [-0.2, -0.15) is 10.2 Å². The maximum absolute atomic E-state index is 12.5. The van der Waals surface area contributed by atoms with Crippen molar-refractivity contribution in [3.8, 4) is 0 Å². The van der Waals surface area contributed by atoms with Gasteiger partial charge in [0.15, 0.2) is 0 Å². The number of amides is 1. The van der Waals surface area contributed by atoms with E-state index in [1.165, 1.54) is 6.20 Å². The van der Waals surface area contributed by atoms with Crippen molar-refractivity contribution < 1.29 is 14.3 Å². The van der Waals surface area contributed by atoms with Crippen molar-refractivity contribution in [2.45, 2.75) is 37.9 Å². The van der Waals surface area contributed by atoms with Gasteiger partial charge in [-0.25, -0.2) is 0 Å². The molecule has 3 rings (SSSR count). The van der Waals surface area contributed by atoms with Gasteiger partial charge < -0.3 is 14.4 Å². The number of hydrogen-bond donors (Lipinski definition) is 0. The molecular weight excluding hydrogens is 270 g/mol. The van der Waals surface area contributed by atoms with E-state index in [0.717, 1.165) is 25.8 Å². The molecule has 0 aliphatic carbocycles. The Morgan fingerprint density at radius 1 is 1.57 bits per heavy atom. The molecule has 2 atom stereocenters. The Morgan fingerprint density at radius 3 is 3.24 bits per heavy atom. The van der Waals surface area contributed by atoms with E-state index in [1.807, 2.05) is 11.8 Å². The summed E-state index contributed by atoms with van der Waals surface area (Å²) in [5.74, 6) is 0.00688. The molecule has 2 saturated heterocycles. The molecule has 114 valence electrons. The fourth-order valence-corrected chi connectivity index (χ4v) is 3.30. The third-order valence-electron chi connectivity index (χ3n) is 4.24. The highest BCUT2D eigenvalue weighted by Gasteiger charge is 2.44. The molecule has 6 nitrogen and oxygen atoms in total. The van der Waals surface area contributed by atoms with Crippen molar-refractivity contribution in [2.75, 3.05) is 26.3 Å². The summed E-state index contributed by atoms with van der Waals surface area (Å²) in [6.07, 6.45) is 6.05. The van der Waals surface area contributed by atoms with Crippen LogP contribution in [0, 0.1) is 0 Å². The second-order valence-corrected chi connectivity index (χ2v) is 5.74. The molecule has 0 aromatic carbocycles. The summed E-state index contributed by atoms with van der Waals surface area (Å²) < 4.78 is 11.7. The van der Waals surface area contributed by atoms with Gasteiger partial charge in [0.05, 0.1) is 42.8 Å². The lowest BCUT2D eigenvalue weighted by Gasteiger charge is -2.39. The molecule has 6 heteroatoms. The van der Waals surface area contributed by atoms with E-state index in [2.05, 4.69) is 10.2 Å². The van der Waals surface area contributed by atoms with Gasteiger partial charge in [-0.15, -0.1) is 0 Å². The average molecular weight is 291 g/mol. The van der Waals surface area contributed by atoms with Gasteiger partial charge in [-0.3, -0.25) is 4.79 Å². The van der Waals surface area contributed by atoms with Crippen LogP contribution in [0.3, 0.4) is 0 Å². The van der Waals surface area contributed by atoms with E-state index in [9.17, 15) is 4.79 Å². The summed E-state index contributed by atoms with van der Waals surface area (Å²) in [5, 5.41) is 7.49. The Hall–Kier alpha value is -1.53. The fraction of sp³-hybridized carbons (Fsp3) is 0.667. The third kappa shape index (κ3) is 3.06. The predicted octanol–water partition coefficient (Wildman–Crippen LogP) is 1.28. The molecule has 0 N–H and O–H groups in total. The van der Waals surface area contributed by atoms with Crippen molar-refractivity contribution in [2.24, 2.45) is 0 Å². The number of carbonyl (C=O) groups is 1. The molecule has 3 heterocycles. The van der Waals surface area contributed by atoms with Crippen molar-refractivity contribution in [3.63, 3.8) is 0 Å². The number of piperidine rings is 1. The number of carbonyl (C=O) groups excluding carboxylic acids is 1. The van der Waals surface area contributed by atoms with Crippen LogP contribution in [0.25, 0.3) is 0 Å². The Labute approximate surface area is 124 Å². The summed E-state index contributed by atoms with van der Waals surface area (Å²) in [5.41, 5.74) is 0.357. The number of hydrogen-bond acceptors (Lipinski definition) is 5. The minimum atomic E-state index is -0.228. The van der Waals surface area contributed by atoms with Gasteiger partial charge in [0, 0.05) is 19.6 Å². The summed E-state index contributed by atoms with van der Waals surface area (Å²) in [6.45, 7) is 4.74. The smallest absolute Gasteiger partial charge is 0.255 e. The van der Waals surface area contributed by atoms with E-state index in [-0.39, 0.29) is 17.6 Å². The van der Waals surface area contributed by atoms with Crippen LogP contribution >= 0.6 is 0 Å². The molecule has 2 fully saturated rings. The van der Waals surface area contributed by atoms with Crippen LogP contribution < -0.4 is 0 Å². The topological polar surface area (TPSA) is 64.6 Å². The lowest BCUT2D eigenvalue weighted by atomic mass is 9.89. The Morgan fingerprint density at radius 2 is 2.48 bits per heavy atom. The monoisotopic (exact) mass is 291 g/mol. The van der Waals surface area contributed by atoms with E-state index >= 15 is 0 Å². The highest BCUT2D eigenvalue weighted by Crippen LogP contribution is 2.36. The molecule has 21 heavy (non-hydrogen) atoms. The first-order valence-electron chi connectivity index (χ1n) is 7.54. The van der Waals surface area contributed by atoms with Crippen LogP contribution in [-0.4, -0.2) is 59.0 Å². The highest BCUT2D eigenvalue weighted by atomic mass is 16.6. The minimum absolute atomic E-state index is 0.00688. The molecule has 1 aromatic heterocycles. The van der Waals surface area contributed by atoms with Gasteiger partial charge in [0.1, 0.15) is 0 Å². The van der Waals surface area contributed by atoms with Crippen LogP contribution in [0.4, 0.5) is 0 Å². The van der Waals surface area contributed by atoms with Gasteiger partial charge in [0.2, 0.25) is 0 Å². The van der Waals surface area contributed by atoms with E-state index < -0.39 is 0 Å². The summed E-state index contributed by atoms with van der Waals surface area (Å²) in [7, 11) is 0. The molecule has 1 aromatic rings. The molecule has 1 amide bonds. The molecule has 0 bridgehead atoms. The van der Waals surface area contributed by atoms with Gasteiger partial charge in [0.25, 0.3) is 5.91 Å². The lowest BCUT2D eigenvalue weighted by Crippen LogP contribution is -2.50. The first-order chi connectivity index (χ1) is 10.2. The largest absolute Gasteiger partial charge is 0.376 e. The van der Waals surface area contributed by atoms with Gasteiger partial charge >= 0.3 is 0 Å². The molecule has 0 unspecified atom stereocenters. The third-order valence-corrected chi connectivity index (χ3v) is 4.24. The summed E-state index contributed by atoms with van der Waals surface area (Å²) in [6, 6.07) is 1.70. The Balaban J connectivity index is 1.68. The van der Waals surface area contributed by atoms with Crippen molar-refractivity contribution in [3.05, 3.63) is 24.0 Å². The maximum atomic E-state index is 12.5. The molecule has 1 spiro atoms. The molecular formula is C15H21N3O3. The standard InChI is InChI=1S/C15H21N3O3/c1-2-20-13-8-15(21-10-13)5-3-7-18(11-15)14(19)12-4-6-16-17-9-12/h4,6,9,13H,2-3,5,7-8,10-11H2,1H3/t13-,15-/m0/s1. The van der Waals surface area contributed by atoms with Crippen molar-refractivity contribution in [1.29, 1.82) is 0 Å². The Kier molecular flexibility index (Phi) is 4.17. The van der Waals surface area contributed by atoms with E-state index in [4.69, 9.17) is 9.47 Å². The molecule has 2 aliphatic rings. The van der Waals surface area contributed by atoms with Gasteiger partial charge in [-0.05, 0) is 25.8 Å². The van der Waals surface area contributed by atoms with Crippen molar-refractivity contribution >= 4 is 5.91 Å². The highest BCUT2D eigenvalue weighted by molar-refractivity contribution is 5.93. The summed E-state index contributed by atoms with van der Waals surface area (Å²) in [4.78, 5) is 14.4. The molecule has 2 aliphatic heterocycles. The van der Waals surface area contributed by atoms with Gasteiger partial charge in [-0.1, -0.05) is 0 Å². The van der Waals surface area contributed by atoms with Crippen LogP contribution in [0.5, 0.6) is 0 Å². The fourth-order valence-electron chi connectivity index (χ4n) is 3.30. The number of aromatic nitrogens is 2. The second-order valence-electron chi connectivity index (χ2n) is 5.74. The first-order valence-corrected chi connectivity index (χ1v) is 7.54. The Bertz CT molecular complexity index is 496. The lowest BCUT2D eigenvalue weighted by molar-refractivity contribution is -0.0462. The quantitative estimate of drug-likeness (QED) is 0.839. The molecule has 0 saturated carbocycles. The van der Waals surface area contributed by atoms with E-state index in [0.29, 0.717) is 25.3 Å². The number of likely N-dealkylation sites (tertiary alicyclic amines) is 1. The predicted molar refractivity (Wildman–Crippen MR) is 75.9 cm³/mol.